The van der Waals surface area contributed by atoms with Gasteiger partial charge < -0.3 is 16.0 Å². The van der Waals surface area contributed by atoms with E-state index < -0.39 is 0 Å². The van der Waals surface area contributed by atoms with Crippen LogP contribution >= 0.6 is 36.4 Å². The van der Waals surface area contributed by atoms with E-state index in [1.807, 2.05) is 24.3 Å². The molecule has 1 fully saturated rings. The predicted molar refractivity (Wildman–Crippen MR) is 116 cm³/mol. The predicted octanol–water partition coefficient (Wildman–Crippen LogP) is 4.74. The Labute approximate surface area is 171 Å². The summed E-state index contributed by atoms with van der Waals surface area (Å²) < 4.78 is 0. The van der Waals surface area contributed by atoms with Gasteiger partial charge in [0.2, 0.25) is 0 Å². The van der Waals surface area contributed by atoms with Crippen LogP contribution in [0.25, 0.3) is 0 Å². The number of anilines is 2. The first-order valence-corrected chi connectivity index (χ1v) is 8.77. The molecule has 2 aromatic rings. The van der Waals surface area contributed by atoms with E-state index in [2.05, 4.69) is 40.2 Å². The maximum Gasteiger partial charge on any atom is 0.127 e. The molecule has 0 bridgehead atoms. The van der Waals surface area contributed by atoms with Gasteiger partial charge in [-0.15, -0.1) is 24.8 Å². The van der Waals surface area contributed by atoms with Gasteiger partial charge in [0, 0.05) is 5.02 Å². The number of fused-ring (bicyclic) bond motifs is 1. The number of amidine groups is 1. The van der Waals surface area contributed by atoms with Crippen molar-refractivity contribution in [2.45, 2.75) is 24.9 Å². The highest BCUT2D eigenvalue weighted by Crippen LogP contribution is 2.35. The zero-order valence-electron chi connectivity index (χ0n) is 14.3. The van der Waals surface area contributed by atoms with Crippen LogP contribution in [0.4, 0.5) is 11.4 Å². The Kier molecular flexibility index (Phi) is 7.18. The van der Waals surface area contributed by atoms with E-state index in [-0.39, 0.29) is 30.4 Å². The molecule has 7 heteroatoms. The number of hydrogen-bond donors (Lipinski definition) is 3. The summed E-state index contributed by atoms with van der Waals surface area (Å²) in [4.78, 5) is 4.93. The lowest BCUT2D eigenvalue weighted by Gasteiger charge is -2.44. The van der Waals surface area contributed by atoms with Crippen molar-refractivity contribution in [2.75, 3.05) is 23.7 Å². The smallest absolute Gasteiger partial charge is 0.127 e. The molecular formula is C19H23Cl3N4. The maximum absolute atomic E-state index is 6.09. The minimum atomic E-state index is -0.113. The third-order valence-electron chi connectivity index (χ3n) is 4.77. The lowest BCUT2D eigenvalue weighted by Crippen LogP contribution is -2.57. The summed E-state index contributed by atoms with van der Waals surface area (Å²) in [6.07, 6.45) is 2.03. The summed E-state index contributed by atoms with van der Waals surface area (Å²) in [6.45, 7) is 2.61. The zero-order valence-corrected chi connectivity index (χ0v) is 16.7. The molecule has 1 saturated heterocycles. The fourth-order valence-corrected chi connectivity index (χ4v) is 3.69. The number of nitrogens with zero attached hydrogens (tertiary/aromatic N) is 1. The van der Waals surface area contributed by atoms with Crippen LogP contribution in [0.2, 0.25) is 5.02 Å². The maximum atomic E-state index is 6.09. The van der Waals surface area contributed by atoms with Gasteiger partial charge in [0.1, 0.15) is 5.84 Å². The Morgan fingerprint density at radius 3 is 2.42 bits per heavy atom. The molecule has 0 radical (unpaired) electrons. The van der Waals surface area contributed by atoms with Crippen molar-refractivity contribution >= 4 is 53.6 Å². The molecule has 0 amide bonds. The Balaban J connectivity index is 0.00000121. The minimum absolute atomic E-state index is 0. The molecule has 26 heavy (non-hydrogen) atoms. The topological polar surface area (TPSA) is 48.5 Å². The van der Waals surface area contributed by atoms with Crippen molar-refractivity contribution in [3.8, 4) is 0 Å². The average molecular weight is 414 g/mol. The second kappa shape index (κ2) is 8.96. The number of para-hydroxylation sites is 2. The van der Waals surface area contributed by atoms with Gasteiger partial charge in [-0.3, -0.25) is 4.99 Å². The van der Waals surface area contributed by atoms with Crippen LogP contribution in [-0.4, -0.2) is 24.5 Å². The molecular weight excluding hydrogens is 391 g/mol. The molecule has 2 aliphatic rings. The third-order valence-corrected chi connectivity index (χ3v) is 5.01. The van der Waals surface area contributed by atoms with E-state index in [1.165, 1.54) is 0 Å². The van der Waals surface area contributed by atoms with Gasteiger partial charge in [-0.1, -0.05) is 35.9 Å². The quantitative estimate of drug-likeness (QED) is 0.666. The van der Waals surface area contributed by atoms with Crippen molar-refractivity contribution in [1.29, 1.82) is 0 Å². The number of halogens is 3. The van der Waals surface area contributed by atoms with Crippen LogP contribution in [0.5, 0.6) is 0 Å². The van der Waals surface area contributed by atoms with E-state index in [0.29, 0.717) is 6.54 Å². The number of benzene rings is 2. The van der Waals surface area contributed by atoms with Gasteiger partial charge in [-0.2, -0.15) is 0 Å². The SMILES string of the molecule is Cl.Cl.Clc1cccc(CN=C2Nc3ccccc3NC23CCNCC3)c1. The molecule has 4 nitrogen and oxygen atoms in total. The summed E-state index contributed by atoms with van der Waals surface area (Å²) in [6, 6.07) is 16.2. The van der Waals surface area contributed by atoms with Gasteiger partial charge in [0.25, 0.3) is 0 Å². The summed E-state index contributed by atoms with van der Waals surface area (Å²) in [5.74, 6) is 1.03. The molecule has 0 aliphatic carbocycles. The number of rotatable bonds is 2. The first kappa shape index (κ1) is 20.8. The molecule has 140 valence electrons. The molecule has 2 heterocycles. The zero-order chi connectivity index (χ0) is 16.4. The van der Waals surface area contributed by atoms with Gasteiger partial charge in [-0.25, -0.2) is 0 Å². The molecule has 0 unspecified atom stereocenters. The monoisotopic (exact) mass is 412 g/mol. The number of hydrogen-bond acceptors (Lipinski definition) is 3. The second-order valence-electron chi connectivity index (χ2n) is 6.42. The Bertz CT molecular complexity index is 773. The highest BCUT2D eigenvalue weighted by molar-refractivity contribution is 6.30. The molecule has 2 aliphatic heterocycles. The van der Waals surface area contributed by atoms with Crippen molar-refractivity contribution in [3.05, 3.63) is 59.1 Å². The first-order valence-electron chi connectivity index (χ1n) is 8.40. The minimum Gasteiger partial charge on any atom is -0.371 e. The van der Waals surface area contributed by atoms with Gasteiger partial charge in [0.15, 0.2) is 0 Å². The van der Waals surface area contributed by atoms with E-state index in [0.717, 1.165) is 53.7 Å². The number of nitrogens with one attached hydrogen (secondary N) is 3. The van der Waals surface area contributed by atoms with Crippen molar-refractivity contribution < 1.29 is 0 Å². The van der Waals surface area contributed by atoms with E-state index in [9.17, 15) is 0 Å². The summed E-state index contributed by atoms with van der Waals surface area (Å²) >= 11 is 6.09. The molecule has 3 N–H and O–H groups in total. The molecule has 1 spiro atoms. The van der Waals surface area contributed by atoms with E-state index >= 15 is 0 Å². The van der Waals surface area contributed by atoms with Crippen LogP contribution in [-0.2, 0) is 6.54 Å². The van der Waals surface area contributed by atoms with Crippen LogP contribution in [0.3, 0.4) is 0 Å². The fourth-order valence-electron chi connectivity index (χ4n) is 3.48. The Morgan fingerprint density at radius 2 is 1.69 bits per heavy atom. The third kappa shape index (κ3) is 4.26. The Morgan fingerprint density at radius 1 is 0.962 bits per heavy atom. The second-order valence-corrected chi connectivity index (χ2v) is 6.86. The lowest BCUT2D eigenvalue weighted by atomic mass is 9.84. The fraction of sp³-hybridized carbons (Fsp3) is 0.316. The highest BCUT2D eigenvalue weighted by atomic mass is 35.5. The normalized spacial score (nSPS) is 18.7. The molecule has 0 saturated carbocycles. The van der Waals surface area contributed by atoms with Crippen molar-refractivity contribution in [1.82, 2.24) is 5.32 Å². The van der Waals surface area contributed by atoms with Gasteiger partial charge >= 0.3 is 0 Å². The Hall–Kier alpha value is -1.46. The number of piperidine rings is 1. The van der Waals surface area contributed by atoms with Crippen LogP contribution < -0.4 is 16.0 Å². The van der Waals surface area contributed by atoms with E-state index in [4.69, 9.17) is 16.6 Å². The molecule has 0 atom stereocenters. The van der Waals surface area contributed by atoms with Crippen molar-refractivity contribution in [3.63, 3.8) is 0 Å². The first-order chi connectivity index (χ1) is 11.8. The standard InChI is InChI=1S/C19H21ClN4.2ClH/c20-15-5-3-4-14(12-15)13-22-18-19(8-10-21-11-9-19)24-17-7-2-1-6-16(17)23-18;;/h1-7,12,21,24H,8-11,13H2,(H,22,23);2*1H. The summed E-state index contributed by atoms with van der Waals surface area (Å²) in [5.41, 5.74) is 3.25. The largest absolute Gasteiger partial charge is 0.371 e. The van der Waals surface area contributed by atoms with Crippen LogP contribution in [0, 0.1) is 0 Å². The van der Waals surface area contributed by atoms with Crippen LogP contribution in [0.15, 0.2) is 53.5 Å². The summed E-state index contributed by atoms with van der Waals surface area (Å²) in [5, 5.41) is 11.5. The molecule has 2 aromatic carbocycles. The van der Waals surface area contributed by atoms with Gasteiger partial charge in [0.05, 0.1) is 23.5 Å². The summed E-state index contributed by atoms with van der Waals surface area (Å²) in [7, 11) is 0. The molecule has 0 aromatic heterocycles. The van der Waals surface area contributed by atoms with E-state index in [1.54, 1.807) is 0 Å². The number of aliphatic imine (C=N–C) groups is 1. The van der Waals surface area contributed by atoms with Crippen LogP contribution in [0.1, 0.15) is 18.4 Å². The van der Waals surface area contributed by atoms with Gasteiger partial charge in [-0.05, 0) is 55.8 Å². The lowest BCUT2D eigenvalue weighted by molar-refractivity contribution is 0.419. The van der Waals surface area contributed by atoms with Crippen molar-refractivity contribution in [2.24, 2.45) is 4.99 Å². The molecule has 4 rings (SSSR count). The average Bonchev–Trinajstić information content (AvgIpc) is 2.61. The highest BCUT2D eigenvalue weighted by Gasteiger charge is 2.40.